The monoisotopic (exact) mass is 393 g/mol. The number of methoxy groups -OCH3 is 2. The SMILES string of the molecule is COc1ccc(-n2nc(C(=O)N3CCC(OC)CC3)cc2-c2ccccn2)cn1. The van der Waals surface area contributed by atoms with Crippen molar-refractivity contribution >= 4 is 5.91 Å². The normalized spacial score (nSPS) is 14.8. The predicted molar refractivity (Wildman–Crippen MR) is 107 cm³/mol. The molecule has 0 N–H and O–H groups in total. The second-order valence-electron chi connectivity index (χ2n) is 6.83. The fraction of sp³-hybridized carbons (Fsp3) is 0.333. The number of carbonyl (C=O) groups is 1. The summed E-state index contributed by atoms with van der Waals surface area (Å²) in [4.78, 5) is 23.6. The molecule has 3 aromatic rings. The van der Waals surface area contributed by atoms with Crippen LogP contribution in [0.1, 0.15) is 23.3 Å². The summed E-state index contributed by atoms with van der Waals surface area (Å²) in [7, 11) is 3.28. The van der Waals surface area contributed by atoms with Gasteiger partial charge < -0.3 is 14.4 Å². The third kappa shape index (κ3) is 3.97. The molecular weight excluding hydrogens is 370 g/mol. The zero-order valence-electron chi connectivity index (χ0n) is 16.5. The molecular formula is C21H23N5O3. The van der Waals surface area contributed by atoms with E-state index in [1.807, 2.05) is 29.2 Å². The summed E-state index contributed by atoms with van der Waals surface area (Å²) in [6.45, 7) is 1.32. The number of likely N-dealkylation sites (tertiary alicyclic amines) is 1. The lowest BCUT2D eigenvalue weighted by molar-refractivity contribution is 0.0347. The number of pyridine rings is 2. The Balaban J connectivity index is 1.68. The molecule has 0 spiro atoms. The maximum atomic E-state index is 13.1. The molecule has 0 bridgehead atoms. The van der Waals surface area contributed by atoms with Gasteiger partial charge in [-0.3, -0.25) is 9.78 Å². The predicted octanol–water partition coefficient (Wildman–Crippen LogP) is 2.59. The van der Waals surface area contributed by atoms with E-state index in [2.05, 4.69) is 15.1 Å². The van der Waals surface area contributed by atoms with Crippen LogP contribution in [0.2, 0.25) is 0 Å². The molecule has 8 nitrogen and oxygen atoms in total. The number of nitrogens with zero attached hydrogens (tertiary/aromatic N) is 5. The van der Waals surface area contributed by atoms with Crippen LogP contribution in [0, 0.1) is 0 Å². The van der Waals surface area contributed by atoms with Crippen LogP contribution < -0.4 is 4.74 Å². The number of aromatic nitrogens is 4. The molecule has 1 aliphatic rings. The highest BCUT2D eigenvalue weighted by molar-refractivity contribution is 5.93. The van der Waals surface area contributed by atoms with E-state index in [0.717, 1.165) is 29.9 Å². The number of amides is 1. The van der Waals surface area contributed by atoms with E-state index in [1.165, 1.54) is 0 Å². The standard InChI is InChI=1S/C21H23N5O3/c1-28-16-8-11-25(12-9-16)21(27)18-13-19(17-5-3-4-10-22-17)26(24-18)15-6-7-20(29-2)23-14-15/h3-7,10,13-14,16H,8-9,11-12H2,1-2H3. The minimum absolute atomic E-state index is 0.0862. The third-order valence-electron chi connectivity index (χ3n) is 5.09. The molecule has 1 amide bonds. The first kappa shape index (κ1) is 19.1. The summed E-state index contributed by atoms with van der Waals surface area (Å²) in [5.74, 6) is 0.426. The van der Waals surface area contributed by atoms with Crippen LogP contribution in [-0.2, 0) is 4.74 Å². The van der Waals surface area contributed by atoms with Gasteiger partial charge in [0.15, 0.2) is 5.69 Å². The van der Waals surface area contributed by atoms with Gasteiger partial charge in [-0.25, -0.2) is 9.67 Å². The largest absolute Gasteiger partial charge is 0.481 e. The maximum Gasteiger partial charge on any atom is 0.274 e. The first-order valence-corrected chi connectivity index (χ1v) is 9.53. The van der Waals surface area contributed by atoms with Gasteiger partial charge in [0.05, 0.1) is 36.5 Å². The molecule has 4 rings (SSSR count). The zero-order chi connectivity index (χ0) is 20.2. The highest BCUT2D eigenvalue weighted by Gasteiger charge is 2.26. The molecule has 0 saturated carbocycles. The summed E-state index contributed by atoms with van der Waals surface area (Å²) >= 11 is 0. The van der Waals surface area contributed by atoms with E-state index >= 15 is 0 Å². The van der Waals surface area contributed by atoms with Crippen molar-refractivity contribution in [3.63, 3.8) is 0 Å². The second kappa shape index (κ2) is 8.40. The number of rotatable bonds is 5. The molecule has 1 aliphatic heterocycles. The average molecular weight is 393 g/mol. The molecule has 150 valence electrons. The van der Waals surface area contributed by atoms with Crippen LogP contribution in [0.15, 0.2) is 48.8 Å². The van der Waals surface area contributed by atoms with Gasteiger partial charge in [0.2, 0.25) is 5.88 Å². The zero-order valence-corrected chi connectivity index (χ0v) is 16.5. The summed E-state index contributed by atoms with van der Waals surface area (Å²) in [6.07, 6.45) is 5.26. The van der Waals surface area contributed by atoms with Crippen molar-refractivity contribution in [1.82, 2.24) is 24.6 Å². The molecule has 0 unspecified atom stereocenters. The Labute approximate surface area is 169 Å². The lowest BCUT2D eigenvalue weighted by atomic mass is 10.1. The van der Waals surface area contributed by atoms with Crippen LogP contribution in [0.5, 0.6) is 5.88 Å². The first-order valence-electron chi connectivity index (χ1n) is 9.53. The van der Waals surface area contributed by atoms with E-state index in [-0.39, 0.29) is 12.0 Å². The lowest BCUT2D eigenvalue weighted by Gasteiger charge is -2.30. The molecule has 1 saturated heterocycles. The Morgan fingerprint density at radius 2 is 1.93 bits per heavy atom. The smallest absolute Gasteiger partial charge is 0.274 e. The number of carbonyl (C=O) groups excluding carboxylic acids is 1. The highest BCUT2D eigenvalue weighted by Crippen LogP contribution is 2.24. The van der Waals surface area contributed by atoms with E-state index in [1.54, 1.807) is 43.4 Å². The fourth-order valence-electron chi connectivity index (χ4n) is 3.45. The fourth-order valence-corrected chi connectivity index (χ4v) is 3.45. The van der Waals surface area contributed by atoms with E-state index in [0.29, 0.717) is 24.7 Å². The van der Waals surface area contributed by atoms with Gasteiger partial charge in [0.25, 0.3) is 5.91 Å². The van der Waals surface area contributed by atoms with Crippen molar-refractivity contribution in [3.05, 3.63) is 54.5 Å². The second-order valence-corrected chi connectivity index (χ2v) is 6.83. The van der Waals surface area contributed by atoms with Gasteiger partial charge in [-0.2, -0.15) is 5.10 Å². The maximum absolute atomic E-state index is 13.1. The van der Waals surface area contributed by atoms with Gasteiger partial charge in [-0.05, 0) is 37.1 Å². The summed E-state index contributed by atoms with van der Waals surface area (Å²) in [5.41, 5.74) is 2.57. The van der Waals surface area contributed by atoms with Crippen LogP contribution in [0.4, 0.5) is 0 Å². The Morgan fingerprint density at radius 3 is 2.55 bits per heavy atom. The number of hydrogen-bond donors (Lipinski definition) is 0. The van der Waals surface area contributed by atoms with E-state index in [9.17, 15) is 4.79 Å². The average Bonchev–Trinajstić information content (AvgIpc) is 3.25. The molecule has 0 aromatic carbocycles. The molecule has 0 atom stereocenters. The Bertz CT molecular complexity index is 964. The quantitative estimate of drug-likeness (QED) is 0.663. The lowest BCUT2D eigenvalue weighted by Crippen LogP contribution is -2.40. The first-order chi connectivity index (χ1) is 14.2. The van der Waals surface area contributed by atoms with Crippen LogP contribution in [0.25, 0.3) is 17.1 Å². The Morgan fingerprint density at radius 1 is 1.10 bits per heavy atom. The molecule has 0 aliphatic carbocycles. The minimum Gasteiger partial charge on any atom is -0.481 e. The molecule has 4 heterocycles. The Hall–Kier alpha value is -3.26. The van der Waals surface area contributed by atoms with Crippen LogP contribution in [0.3, 0.4) is 0 Å². The van der Waals surface area contributed by atoms with Crippen molar-refractivity contribution < 1.29 is 14.3 Å². The van der Waals surface area contributed by atoms with Crippen molar-refractivity contribution in [2.45, 2.75) is 18.9 Å². The van der Waals surface area contributed by atoms with Crippen LogP contribution in [-0.4, -0.2) is 64.0 Å². The van der Waals surface area contributed by atoms with Crippen molar-refractivity contribution in [2.75, 3.05) is 27.3 Å². The number of ether oxygens (including phenoxy) is 2. The molecule has 29 heavy (non-hydrogen) atoms. The summed E-state index contributed by atoms with van der Waals surface area (Å²) in [5, 5.41) is 4.60. The van der Waals surface area contributed by atoms with Gasteiger partial charge in [-0.1, -0.05) is 6.07 Å². The topological polar surface area (TPSA) is 82.4 Å². The highest BCUT2D eigenvalue weighted by atomic mass is 16.5. The third-order valence-corrected chi connectivity index (χ3v) is 5.09. The number of hydrogen-bond acceptors (Lipinski definition) is 6. The van der Waals surface area contributed by atoms with Crippen molar-refractivity contribution in [3.8, 4) is 23.0 Å². The summed E-state index contributed by atoms with van der Waals surface area (Å²) < 4.78 is 12.2. The van der Waals surface area contributed by atoms with Gasteiger partial charge in [0, 0.05) is 32.5 Å². The minimum atomic E-state index is -0.0862. The molecule has 3 aromatic heterocycles. The molecule has 0 radical (unpaired) electrons. The molecule has 1 fully saturated rings. The molecule has 8 heteroatoms. The van der Waals surface area contributed by atoms with E-state index < -0.39 is 0 Å². The van der Waals surface area contributed by atoms with E-state index in [4.69, 9.17) is 9.47 Å². The van der Waals surface area contributed by atoms with Crippen molar-refractivity contribution in [2.24, 2.45) is 0 Å². The summed E-state index contributed by atoms with van der Waals surface area (Å²) in [6, 6.07) is 11.0. The van der Waals surface area contributed by atoms with Gasteiger partial charge in [0.1, 0.15) is 0 Å². The van der Waals surface area contributed by atoms with Crippen LogP contribution >= 0.6 is 0 Å². The van der Waals surface area contributed by atoms with Gasteiger partial charge >= 0.3 is 0 Å². The van der Waals surface area contributed by atoms with Gasteiger partial charge in [-0.15, -0.1) is 0 Å². The number of piperidine rings is 1. The van der Waals surface area contributed by atoms with Crippen molar-refractivity contribution in [1.29, 1.82) is 0 Å². The Kier molecular flexibility index (Phi) is 5.53.